The summed E-state index contributed by atoms with van der Waals surface area (Å²) in [6.45, 7) is 3.43. The van der Waals surface area contributed by atoms with Gasteiger partial charge in [-0.05, 0) is 25.5 Å². The molecule has 2 N–H and O–H groups in total. The number of imidazole rings is 1. The number of hydrogen-bond acceptors (Lipinski definition) is 5. The van der Waals surface area contributed by atoms with E-state index in [4.69, 9.17) is 0 Å². The van der Waals surface area contributed by atoms with Gasteiger partial charge in [0.1, 0.15) is 5.54 Å². The van der Waals surface area contributed by atoms with Gasteiger partial charge in [-0.25, -0.2) is 9.78 Å². The molecule has 8 nitrogen and oxygen atoms in total. The first-order valence-corrected chi connectivity index (χ1v) is 11.2. The SMILES string of the molecule is CCC1(C)NC(=O)N(NC(=O)CSc2ncc(-c3ccccc3)n2-c2ccccc2)C1=O. The van der Waals surface area contributed by atoms with Gasteiger partial charge in [0.2, 0.25) is 5.91 Å². The molecule has 0 aliphatic carbocycles. The predicted octanol–water partition coefficient (Wildman–Crippen LogP) is 3.38. The number of benzene rings is 2. The predicted molar refractivity (Wildman–Crippen MR) is 122 cm³/mol. The summed E-state index contributed by atoms with van der Waals surface area (Å²) in [4.78, 5) is 41.7. The van der Waals surface area contributed by atoms with E-state index >= 15 is 0 Å². The maximum atomic E-state index is 12.5. The first-order valence-electron chi connectivity index (χ1n) is 10.2. The molecule has 1 saturated heterocycles. The molecule has 4 amide bonds. The molecule has 1 aliphatic rings. The minimum absolute atomic E-state index is 0.0159. The average molecular weight is 450 g/mol. The van der Waals surface area contributed by atoms with Crippen molar-refractivity contribution in [2.24, 2.45) is 0 Å². The van der Waals surface area contributed by atoms with Crippen LogP contribution in [0.15, 0.2) is 72.0 Å². The third-order valence-electron chi connectivity index (χ3n) is 5.35. The summed E-state index contributed by atoms with van der Waals surface area (Å²) < 4.78 is 1.98. The molecule has 0 spiro atoms. The van der Waals surface area contributed by atoms with Crippen molar-refractivity contribution in [3.63, 3.8) is 0 Å². The lowest BCUT2D eigenvalue weighted by Crippen LogP contribution is -2.49. The molecule has 2 aromatic carbocycles. The summed E-state index contributed by atoms with van der Waals surface area (Å²) in [5, 5.41) is 3.99. The van der Waals surface area contributed by atoms with Crippen molar-refractivity contribution in [1.82, 2.24) is 25.3 Å². The fourth-order valence-corrected chi connectivity index (χ4v) is 4.17. The number of hydrogen-bond donors (Lipinski definition) is 2. The highest BCUT2D eigenvalue weighted by molar-refractivity contribution is 7.99. The van der Waals surface area contributed by atoms with Crippen LogP contribution in [0.25, 0.3) is 16.9 Å². The summed E-state index contributed by atoms with van der Waals surface area (Å²) >= 11 is 1.23. The van der Waals surface area contributed by atoms with E-state index in [-0.39, 0.29) is 5.75 Å². The van der Waals surface area contributed by atoms with Crippen LogP contribution in [0.4, 0.5) is 4.79 Å². The standard InChI is InChI=1S/C23H23N5O3S/c1-3-23(2)20(30)28(21(31)25-23)26-19(29)15-32-22-24-14-18(16-10-6-4-7-11-16)27(22)17-12-8-5-9-13-17/h4-14H,3,15H2,1-2H3,(H,25,31)(H,26,29). The van der Waals surface area contributed by atoms with E-state index in [1.54, 1.807) is 20.0 Å². The molecule has 164 valence electrons. The molecule has 1 unspecified atom stereocenters. The van der Waals surface area contributed by atoms with Crippen molar-refractivity contribution in [2.75, 3.05) is 5.75 Å². The van der Waals surface area contributed by atoms with Gasteiger partial charge in [0.15, 0.2) is 5.16 Å². The molecule has 1 fully saturated rings. The topological polar surface area (TPSA) is 96.3 Å². The van der Waals surface area contributed by atoms with Gasteiger partial charge in [-0.2, -0.15) is 5.01 Å². The zero-order valence-corrected chi connectivity index (χ0v) is 18.6. The fourth-order valence-electron chi connectivity index (χ4n) is 3.39. The number of hydrazine groups is 1. The minimum atomic E-state index is -1.01. The van der Waals surface area contributed by atoms with Crippen LogP contribution >= 0.6 is 11.8 Å². The zero-order chi connectivity index (χ0) is 22.7. The molecular weight excluding hydrogens is 426 g/mol. The second-order valence-electron chi connectivity index (χ2n) is 7.54. The molecule has 9 heteroatoms. The molecule has 0 bridgehead atoms. The second kappa shape index (κ2) is 8.88. The van der Waals surface area contributed by atoms with Gasteiger partial charge >= 0.3 is 6.03 Å². The highest BCUT2D eigenvalue weighted by Gasteiger charge is 2.47. The van der Waals surface area contributed by atoms with Crippen LogP contribution in [0.1, 0.15) is 20.3 Å². The maximum absolute atomic E-state index is 12.5. The van der Waals surface area contributed by atoms with E-state index in [1.807, 2.05) is 65.2 Å². The minimum Gasteiger partial charge on any atom is -0.322 e. The summed E-state index contributed by atoms with van der Waals surface area (Å²) in [5.74, 6) is -0.957. The highest BCUT2D eigenvalue weighted by Crippen LogP contribution is 2.29. The van der Waals surface area contributed by atoms with Gasteiger partial charge in [0.05, 0.1) is 17.6 Å². The lowest BCUT2D eigenvalue weighted by Gasteiger charge is -2.19. The summed E-state index contributed by atoms with van der Waals surface area (Å²) in [6.07, 6.45) is 2.20. The van der Waals surface area contributed by atoms with Crippen molar-refractivity contribution in [1.29, 1.82) is 0 Å². The van der Waals surface area contributed by atoms with Gasteiger partial charge in [-0.1, -0.05) is 67.2 Å². The van der Waals surface area contributed by atoms with E-state index in [9.17, 15) is 14.4 Å². The van der Waals surface area contributed by atoms with Crippen LogP contribution in [-0.2, 0) is 9.59 Å². The zero-order valence-electron chi connectivity index (χ0n) is 17.7. The molecule has 0 radical (unpaired) electrons. The molecule has 32 heavy (non-hydrogen) atoms. The van der Waals surface area contributed by atoms with Gasteiger partial charge in [-0.15, -0.1) is 0 Å². The number of thioether (sulfide) groups is 1. The summed E-state index contributed by atoms with van der Waals surface area (Å²) in [7, 11) is 0. The monoisotopic (exact) mass is 449 g/mol. The average Bonchev–Trinajstić information content (AvgIpc) is 3.34. The third-order valence-corrected chi connectivity index (χ3v) is 6.30. The van der Waals surface area contributed by atoms with Crippen LogP contribution in [0, 0.1) is 0 Å². The van der Waals surface area contributed by atoms with E-state index in [0.717, 1.165) is 22.0 Å². The Labute approximate surface area is 190 Å². The number of rotatable bonds is 7. The normalized spacial score (nSPS) is 18.0. The Bertz CT molecular complexity index is 1150. The number of urea groups is 1. The molecule has 0 saturated carbocycles. The number of nitrogens with zero attached hydrogens (tertiary/aromatic N) is 3. The van der Waals surface area contributed by atoms with Gasteiger partial charge < -0.3 is 5.32 Å². The van der Waals surface area contributed by atoms with E-state index in [0.29, 0.717) is 11.6 Å². The Morgan fingerprint density at radius 3 is 2.38 bits per heavy atom. The number of aromatic nitrogens is 2. The van der Waals surface area contributed by atoms with Crippen molar-refractivity contribution >= 4 is 29.6 Å². The van der Waals surface area contributed by atoms with Crippen LogP contribution in [0.5, 0.6) is 0 Å². The molecule has 1 aromatic heterocycles. The number of imide groups is 1. The van der Waals surface area contributed by atoms with Crippen LogP contribution < -0.4 is 10.7 Å². The lowest BCUT2D eigenvalue weighted by molar-refractivity contribution is -0.137. The third kappa shape index (κ3) is 4.11. The first-order chi connectivity index (χ1) is 15.4. The van der Waals surface area contributed by atoms with E-state index in [1.165, 1.54) is 11.8 Å². The largest absolute Gasteiger partial charge is 0.344 e. The van der Waals surface area contributed by atoms with Crippen molar-refractivity contribution in [3.05, 3.63) is 66.9 Å². The lowest BCUT2D eigenvalue weighted by atomic mass is 10.00. The Balaban J connectivity index is 1.53. The molecule has 4 rings (SSSR count). The van der Waals surface area contributed by atoms with Crippen LogP contribution in [-0.4, -0.2) is 43.7 Å². The summed E-state index contributed by atoms with van der Waals surface area (Å²) in [6, 6.07) is 19.0. The maximum Gasteiger partial charge on any atom is 0.344 e. The molecule has 2 heterocycles. The van der Waals surface area contributed by atoms with Crippen LogP contribution in [0.2, 0.25) is 0 Å². The Kier molecular flexibility index (Phi) is 6.00. The van der Waals surface area contributed by atoms with Gasteiger partial charge in [0.25, 0.3) is 5.91 Å². The number of carbonyl (C=O) groups excluding carboxylic acids is 3. The number of carbonyl (C=O) groups is 3. The molecule has 3 aromatic rings. The Hall–Kier alpha value is -3.59. The van der Waals surface area contributed by atoms with Crippen molar-refractivity contribution in [3.8, 4) is 16.9 Å². The van der Waals surface area contributed by atoms with Crippen LogP contribution in [0.3, 0.4) is 0 Å². The highest BCUT2D eigenvalue weighted by atomic mass is 32.2. The number of nitrogens with one attached hydrogen (secondary N) is 2. The van der Waals surface area contributed by atoms with Gasteiger partial charge in [-0.3, -0.25) is 19.6 Å². The fraction of sp³-hybridized carbons (Fsp3) is 0.217. The smallest absolute Gasteiger partial charge is 0.322 e. The Morgan fingerprint density at radius 1 is 1.09 bits per heavy atom. The van der Waals surface area contributed by atoms with Gasteiger partial charge in [0, 0.05) is 11.3 Å². The number of para-hydroxylation sites is 1. The van der Waals surface area contributed by atoms with E-state index < -0.39 is 23.4 Å². The first kappa shape index (κ1) is 21.6. The second-order valence-corrected chi connectivity index (χ2v) is 8.49. The number of amides is 4. The van der Waals surface area contributed by atoms with E-state index in [2.05, 4.69) is 15.7 Å². The molecule has 1 aliphatic heterocycles. The summed E-state index contributed by atoms with van der Waals surface area (Å²) in [5.41, 5.74) is 4.21. The van der Waals surface area contributed by atoms with Crippen molar-refractivity contribution < 1.29 is 14.4 Å². The van der Waals surface area contributed by atoms with Crippen molar-refractivity contribution in [2.45, 2.75) is 31.0 Å². The Morgan fingerprint density at radius 2 is 1.75 bits per heavy atom. The molecule has 1 atom stereocenters. The quantitative estimate of drug-likeness (QED) is 0.426. The molecular formula is C23H23N5O3S.